The Hall–Kier alpha value is -1.71. The summed E-state index contributed by atoms with van der Waals surface area (Å²) in [6.07, 6.45) is -6.69. The molecule has 1 saturated heterocycles. The van der Waals surface area contributed by atoms with Crippen LogP contribution in [0.1, 0.15) is 20.8 Å². The number of hydrogen-bond donors (Lipinski definition) is 2. The van der Waals surface area contributed by atoms with E-state index in [0.717, 1.165) is 20.8 Å². The van der Waals surface area contributed by atoms with Gasteiger partial charge in [0, 0.05) is 20.8 Å². The second kappa shape index (κ2) is 7.34. The summed E-state index contributed by atoms with van der Waals surface area (Å²) in [4.78, 5) is 33.3. The van der Waals surface area contributed by atoms with E-state index in [1.54, 1.807) is 0 Å². The number of hydrogen-bond acceptors (Lipinski definition) is 9. The Labute approximate surface area is 120 Å². The molecule has 5 atom stereocenters. The zero-order valence-corrected chi connectivity index (χ0v) is 11.8. The van der Waals surface area contributed by atoms with Gasteiger partial charge >= 0.3 is 17.9 Å². The van der Waals surface area contributed by atoms with Gasteiger partial charge in [0.05, 0.1) is 6.61 Å². The lowest BCUT2D eigenvalue weighted by Gasteiger charge is -2.41. The Morgan fingerprint density at radius 1 is 0.952 bits per heavy atom. The summed E-state index contributed by atoms with van der Waals surface area (Å²) in [5, 5.41) is 19.2. The Kier molecular flexibility index (Phi) is 6.06. The summed E-state index contributed by atoms with van der Waals surface area (Å²) < 4.78 is 19.9. The highest BCUT2D eigenvalue weighted by molar-refractivity contribution is 5.68. The summed E-state index contributed by atoms with van der Waals surface area (Å²) in [7, 11) is 0. The van der Waals surface area contributed by atoms with E-state index in [2.05, 4.69) is 0 Å². The van der Waals surface area contributed by atoms with Gasteiger partial charge < -0.3 is 29.2 Å². The van der Waals surface area contributed by atoms with Crippen molar-refractivity contribution in [3.63, 3.8) is 0 Å². The number of esters is 3. The number of carbonyl (C=O) groups excluding carboxylic acids is 3. The predicted molar refractivity (Wildman–Crippen MR) is 64.6 cm³/mol. The lowest BCUT2D eigenvalue weighted by molar-refractivity contribution is -0.297. The minimum absolute atomic E-state index is 0.608. The van der Waals surface area contributed by atoms with Gasteiger partial charge in [-0.15, -0.1) is 0 Å². The highest BCUT2D eigenvalue weighted by atomic mass is 16.7. The molecule has 0 aromatic heterocycles. The van der Waals surface area contributed by atoms with E-state index in [1.165, 1.54) is 0 Å². The first-order valence-electron chi connectivity index (χ1n) is 6.22. The summed E-state index contributed by atoms with van der Waals surface area (Å²) in [5.41, 5.74) is 0. The molecule has 0 spiro atoms. The summed E-state index contributed by atoms with van der Waals surface area (Å²) in [6, 6.07) is 0. The smallest absolute Gasteiger partial charge is 0.305 e. The average Bonchev–Trinajstić information content (AvgIpc) is 2.35. The molecule has 0 aliphatic carbocycles. The first kappa shape index (κ1) is 17.3. The highest BCUT2D eigenvalue weighted by Gasteiger charge is 2.50. The molecule has 1 rings (SSSR count). The number of carbonyl (C=O) groups is 3. The number of aliphatic hydroxyl groups is 2. The third kappa shape index (κ3) is 4.66. The second-order valence-corrected chi connectivity index (χ2v) is 4.47. The predicted octanol–water partition coefficient (Wildman–Crippen LogP) is -1.51. The van der Waals surface area contributed by atoms with E-state index in [9.17, 15) is 19.5 Å². The molecule has 1 heterocycles. The Morgan fingerprint density at radius 2 is 1.43 bits per heavy atom. The minimum Gasteiger partial charge on any atom is -0.455 e. The van der Waals surface area contributed by atoms with Crippen LogP contribution in [0.15, 0.2) is 0 Å². The molecular weight excluding hydrogens is 288 g/mol. The molecule has 1 aliphatic heterocycles. The van der Waals surface area contributed by atoms with Crippen LogP contribution in [0.25, 0.3) is 0 Å². The third-order valence-electron chi connectivity index (χ3n) is 2.68. The van der Waals surface area contributed by atoms with Crippen LogP contribution in [0.4, 0.5) is 0 Å². The molecule has 9 nitrogen and oxygen atoms in total. The van der Waals surface area contributed by atoms with E-state index < -0.39 is 55.2 Å². The van der Waals surface area contributed by atoms with Gasteiger partial charge in [-0.2, -0.15) is 0 Å². The molecule has 0 saturated carbocycles. The van der Waals surface area contributed by atoms with Crippen LogP contribution >= 0.6 is 0 Å². The van der Waals surface area contributed by atoms with Crippen molar-refractivity contribution in [2.24, 2.45) is 0 Å². The van der Waals surface area contributed by atoms with Crippen LogP contribution in [0.2, 0.25) is 0 Å². The van der Waals surface area contributed by atoms with Crippen LogP contribution in [0.5, 0.6) is 0 Å². The van der Waals surface area contributed by atoms with E-state index in [0.29, 0.717) is 0 Å². The molecule has 0 radical (unpaired) electrons. The van der Waals surface area contributed by atoms with Gasteiger partial charge in [-0.05, 0) is 0 Å². The van der Waals surface area contributed by atoms with E-state index >= 15 is 0 Å². The Balaban J connectivity index is 3.05. The van der Waals surface area contributed by atoms with Crippen molar-refractivity contribution >= 4 is 17.9 Å². The molecule has 1 unspecified atom stereocenters. The van der Waals surface area contributed by atoms with Crippen LogP contribution < -0.4 is 0 Å². The van der Waals surface area contributed by atoms with Gasteiger partial charge in [0.2, 0.25) is 12.4 Å². The van der Waals surface area contributed by atoms with Gasteiger partial charge in [0.15, 0.2) is 6.10 Å². The maximum atomic E-state index is 11.1. The average molecular weight is 306 g/mol. The fourth-order valence-electron chi connectivity index (χ4n) is 1.94. The molecule has 120 valence electrons. The van der Waals surface area contributed by atoms with Gasteiger partial charge in [-0.1, -0.05) is 0 Å². The number of rotatable bonds is 4. The van der Waals surface area contributed by atoms with E-state index in [-0.39, 0.29) is 0 Å². The molecule has 0 aromatic carbocycles. The monoisotopic (exact) mass is 306 g/mol. The van der Waals surface area contributed by atoms with Crippen molar-refractivity contribution in [2.75, 3.05) is 6.61 Å². The van der Waals surface area contributed by atoms with Crippen molar-refractivity contribution < 1.29 is 43.5 Å². The first-order valence-corrected chi connectivity index (χ1v) is 6.22. The first-order chi connectivity index (χ1) is 9.76. The molecule has 0 aromatic rings. The van der Waals surface area contributed by atoms with E-state index in [4.69, 9.17) is 24.1 Å². The minimum atomic E-state index is -1.45. The van der Waals surface area contributed by atoms with Crippen molar-refractivity contribution in [3.05, 3.63) is 0 Å². The molecule has 0 amide bonds. The maximum absolute atomic E-state index is 11.1. The van der Waals surface area contributed by atoms with Crippen molar-refractivity contribution in [1.82, 2.24) is 0 Å². The van der Waals surface area contributed by atoms with Crippen LogP contribution in [0, 0.1) is 0 Å². The Morgan fingerprint density at radius 3 is 1.86 bits per heavy atom. The molecule has 0 bridgehead atoms. The maximum Gasteiger partial charge on any atom is 0.305 e. The third-order valence-corrected chi connectivity index (χ3v) is 2.68. The lowest BCUT2D eigenvalue weighted by atomic mass is 9.98. The zero-order chi connectivity index (χ0) is 16.2. The van der Waals surface area contributed by atoms with Crippen molar-refractivity contribution in [1.29, 1.82) is 0 Å². The summed E-state index contributed by atoms with van der Waals surface area (Å²) in [6.45, 7) is 2.69. The Bertz CT molecular complexity index is 408. The summed E-state index contributed by atoms with van der Waals surface area (Å²) in [5.74, 6) is -2.21. The molecule has 9 heteroatoms. The van der Waals surface area contributed by atoms with Gasteiger partial charge in [0.25, 0.3) is 0 Å². The highest BCUT2D eigenvalue weighted by Crippen LogP contribution is 2.27. The van der Waals surface area contributed by atoms with Crippen LogP contribution in [0.3, 0.4) is 0 Å². The zero-order valence-electron chi connectivity index (χ0n) is 11.8. The molecule has 2 N–H and O–H groups in total. The van der Waals surface area contributed by atoms with Crippen molar-refractivity contribution in [3.8, 4) is 0 Å². The van der Waals surface area contributed by atoms with Gasteiger partial charge in [0.1, 0.15) is 12.2 Å². The largest absolute Gasteiger partial charge is 0.455 e. The van der Waals surface area contributed by atoms with Crippen LogP contribution in [-0.2, 0) is 33.3 Å². The quantitative estimate of drug-likeness (QED) is 0.470. The lowest BCUT2D eigenvalue weighted by Crippen LogP contribution is -2.61. The number of ether oxygens (including phenoxy) is 4. The number of aliphatic hydroxyl groups excluding tert-OH is 2. The van der Waals surface area contributed by atoms with Crippen molar-refractivity contribution in [2.45, 2.75) is 51.5 Å². The SMILES string of the molecule is CC(=O)OC1O[C@H](CO)[C@@H](O)[C@H](OC(C)=O)[C@H]1OC(C)=O. The van der Waals surface area contributed by atoms with Crippen LogP contribution in [-0.4, -0.2) is 65.4 Å². The topological polar surface area (TPSA) is 129 Å². The summed E-state index contributed by atoms with van der Waals surface area (Å²) >= 11 is 0. The van der Waals surface area contributed by atoms with E-state index in [1.807, 2.05) is 0 Å². The second-order valence-electron chi connectivity index (χ2n) is 4.47. The molecule has 21 heavy (non-hydrogen) atoms. The molecule has 1 fully saturated rings. The standard InChI is InChI=1S/C12H18O9/c1-5(14)18-10-9(17)8(4-13)21-12(20-7(3)16)11(10)19-6(2)15/h8-13,17H,4H2,1-3H3/t8-,9-,10+,11-,12?/m1/s1. The van der Waals surface area contributed by atoms with Gasteiger partial charge in [-0.25, -0.2) is 0 Å². The normalized spacial score (nSPS) is 32.1. The fourth-order valence-corrected chi connectivity index (χ4v) is 1.94. The fraction of sp³-hybridized carbons (Fsp3) is 0.750. The van der Waals surface area contributed by atoms with Gasteiger partial charge in [-0.3, -0.25) is 14.4 Å². The molecular formula is C12H18O9. The molecule has 1 aliphatic rings.